The van der Waals surface area contributed by atoms with Crippen LogP contribution in [0.15, 0.2) is 29.0 Å². The van der Waals surface area contributed by atoms with Crippen molar-refractivity contribution in [3.63, 3.8) is 0 Å². The highest BCUT2D eigenvalue weighted by Gasteiger charge is 2.21. The number of hydrogen-bond donors (Lipinski definition) is 2. The van der Waals surface area contributed by atoms with Crippen molar-refractivity contribution in [2.75, 3.05) is 23.3 Å². The molecule has 0 unspecified atom stereocenters. The molecule has 2 N–H and O–H groups in total. The second-order valence-corrected chi connectivity index (χ2v) is 5.00. The van der Waals surface area contributed by atoms with Crippen LogP contribution in [0.4, 0.5) is 11.5 Å². The number of oxazole rings is 1. The molecule has 3 rings (SSSR count). The highest BCUT2D eigenvalue weighted by molar-refractivity contribution is 6.02. The van der Waals surface area contributed by atoms with Gasteiger partial charge in [0.15, 0.2) is 11.6 Å². The van der Waals surface area contributed by atoms with Crippen LogP contribution < -0.4 is 10.2 Å². The number of hydrogen-bond acceptors (Lipinski definition) is 6. The lowest BCUT2D eigenvalue weighted by molar-refractivity contribution is 0.102. The SMILES string of the molecule is Cc1nc(C(=O)Nc2ccc(N3CC[C@H](O)C3)nc2)co1. The van der Waals surface area contributed by atoms with Gasteiger partial charge in [0.1, 0.15) is 12.1 Å². The van der Waals surface area contributed by atoms with E-state index in [0.717, 1.165) is 18.8 Å². The summed E-state index contributed by atoms with van der Waals surface area (Å²) in [5.74, 6) is 0.904. The minimum absolute atomic E-state index is 0.235. The number of carbonyl (C=O) groups excluding carboxylic acids is 1. The van der Waals surface area contributed by atoms with E-state index >= 15 is 0 Å². The molecule has 0 aliphatic carbocycles. The maximum Gasteiger partial charge on any atom is 0.277 e. The molecule has 0 radical (unpaired) electrons. The van der Waals surface area contributed by atoms with Crippen molar-refractivity contribution in [3.05, 3.63) is 36.2 Å². The predicted octanol–water partition coefficient (Wildman–Crippen LogP) is 1.20. The van der Waals surface area contributed by atoms with Crippen molar-refractivity contribution < 1.29 is 14.3 Å². The van der Waals surface area contributed by atoms with Crippen LogP contribution in [0, 0.1) is 6.92 Å². The summed E-state index contributed by atoms with van der Waals surface area (Å²) >= 11 is 0. The molecule has 1 amide bonds. The monoisotopic (exact) mass is 288 g/mol. The number of nitrogens with zero attached hydrogens (tertiary/aromatic N) is 3. The second kappa shape index (κ2) is 5.53. The Labute approximate surface area is 121 Å². The predicted molar refractivity (Wildman–Crippen MR) is 76.3 cm³/mol. The normalized spacial score (nSPS) is 18.0. The molecule has 1 aliphatic heterocycles. The number of aliphatic hydroxyl groups is 1. The van der Waals surface area contributed by atoms with E-state index in [2.05, 4.69) is 15.3 Å². The maximum atomic E-state index is 11.9. The van der Waals surface area contributed by atoms with E-state index in [1.54, 1.807) is 19.2 Å². The van der Waals surface area contributed by atoms with Crippen LogP contribution in [-0.2, 0) is 0 Å². The van der Waals surface area contributed by atoms with E-state index in [9.17, 15) is 9.90 Å². The largest absolute Gasteiger partial charge is 0.448 e. The van der Waals surface area contributed by atoms with Crippen LogP contribution in [0.25, 0.3) is 0 Å². The number of anilines is 2. The van der Waals surface area contributed by atoms with Gasteiger partial charge in [-0.3, -0.25) is 4.79 Å². The lowest BCUT2D eigenvalue weighted by Crippen LogP contribution is -2.22. The van der Waals surface area contributed by atoms with Crippen molar-refractivity contribution in [2.45, 2.75) is 19.4 Å². The third-order valence-electron chi connectivity index (χ3n) is 3.34. The summed E-state index contributed by atoms with van der Waals surface area (Å²) in [5.41, 5.74) is 0.823. The number of β-amino-alcohol motifs (C(OH)–C–C–N with tert-alkyl or cyclic N) is 1. The van der Waals surface area contributed by atoms with Crippen molar-refractivity contribution >= 4 is 17.4 Å². The number of pyridine rings is 1. The van der Waals surface area contributed by atoms with Crippen LogP contribution in [0.3, 0.4) is 0 Å². The zero-order chi connectivity index (χ0) is 14.8. The third kappa shape index (κ3) is 3.03. The number of aliphatic hydroxyl groups excluding tert-OH is 1. The zero-order valence-electron chi connectivity index (χ0n) is 11.6. The van der Waals surface area contributed by atoms with E-state index in [1.165, 1.54) is 6.26 Å². The van der Waals surface area contributed by atoms with Crippen LogP contribution in [-0.4, -0.2) is 40.2 Å². The molecule has 21 heavy (non-hydrogen) atoms. The molecule has 0 bridgehead atoms. The number of aromatic nitrogens is 2. The van der Waals surface area contributed by atoms with Gasteiger partial charge in [-0.2, -0.15) is 0 Å². The van der Waals surface area contributed by atoms with Crippen molar-refractivity contribution in [1.82, 2.24) is 9.97 Å². The standard InChI is InChI=1S/C14H16N4O3/c1-9-16-12(8-21-9)14(20)17-10-2-3-13(15-6-10)18-5-4-11(19)7-18/h2-3,6,8,11,19H,4-5,7H2,1H3,(H,17,20)/t11-/m0/s1. The van der Waals surface area contributed by atoms with E-state index in [1.807, 2.05) is 11.0 Å². The third-order valence-corrected chi connectivity index (χ3v) is 3.34. The first-order valence-corrected chi connectivity index (χ1v) is 6.74. The van der Waals surface area contributed by atoms with Crippen molar-refractivity contribution in [2.24, 2.45) is 0 Å². The summed E-state index contributed by atoms with van der Waals surface area (Å²) < 4.78 is 5.00. The first-order chi connectivity index (χ1) is 10.1. The number of aryl methyl sites for hydroxylation is 1. The van der Waals surface area contributed by atoms with Gasteiger partial charge < -0.3 is 19.7 Å². The summed E-state index contributed by atoms with van der Waals surface area (Å²) in [6.45, 7) is 3.06. The molecule has 7 heteroatoms. The van der Waals surface area contributed by atoms with Crippen LogP contribution >= 0.6 is 0 Å². The molecule has 2 aromatic rings. The Hall–Kier alpha value is -2.41. The molecule has 1 saturated heterocycles. The highest BCUT2D eigenvalue weighted by Crippen LogP contribution is 2.19. The second-order valence-electron chi connectivity index (χ2n) is 5.00. The van der Waals surface area contributed by atoms with Crippen molar-refractivity contribution in [1.29, 1.82) is 0 Å². The Balaban J connectivity index is 1.66. The smallest absolute Gasteiger partial charge is 0.277 e. The van der Waals surface area contributed by atoms with Gasteiger partial charge in [-0.25, -0.2) is 9.97 Å². The molecule has 110 valence electrons. The van der Waals surface area contributed by atoms with Gasteiger partial charge in [-0.15, -0.1) is 0 Å². The lowest BCUT2D eigenvalue weighted by atomic mass is 10.3. The molecular weight excluding hydrogens is 272 g/mol. The fraction of sp³-hybridized carbons (Fsp3) is 0.357. The molecule has 1 aliphatic rings. The van der Waals surface area contributed by atoms with Gasteiger partial charge in [-0.05, 0) is 18.6 Å². The number of amides is 1. The van der Waals surface area contributed by atoms with Gasteiger partial charge in [0.05, 0.1) is 18.0 Å². The van der Waals surface area contributed by atoms with Gasteiger partial charge in [0, 0.05) is 20.0 Å². The van der Waals surface area contributed by atoms with E-state index < -0.39 is 0 Å². The summed E-state index contributed by atoms with van der Waals surface area (Å²) in [6.07, 6.45) is 3.37. The minimum atomic E-state index is -0.335. The average Bonchev–Trinajstić information content (AvgIpc) is 3.08. The Morgan fingerprint density at radius 3 is 2.95 bits per heavy atom. The summed E-state index contributed by atoms with van der Waals surface area (Å²) in [5, 5.41) is 12.2. The fourth-order valence-corrected chi connectivity index (χ4v) is 2.26. The van der Waals surface area contributed by atoms with Gasteiger partial charge in [0.2, 0.25) is 0 Å². The first-order valence-electron chi connectivity index (χ1n) is 6.74. The highest BCUT2D eigenvalue weighted by atomic mass is 16.3. The number of carbonyl (C=O) groups is 1. The lowest BCUT2D eigenvalue weighted by Gasteiger charge is -2.16. The first kappa shape index (κ1) is 13.6. The molecule has 3 heterocycles. The molecule has 2 aromatic heterocycles. The molecule has 0 spiro atoms. The Morgan fingerprint density at radius 1 is 1.52 bits per heavy atom. The Bertz CT molecular complexity index is 638. The average molecular weight is 288 g/mol. The summed E-state index contributed by atoms with van der Waals surface area (Å²) in [4.78, 5) is 22.2. The van der Waals surface area contributed by atoms with E-state index in [-0.39, 0.29) is 17.7 Å². The van der Waals surface area contributed by atoms with Gasteiger partial charge in [0.25, 0.3) is 5.91 Å². The fourth-order valence-electron chi connectivity index (χ4n) is 2.26. The Kier molecular flexibility index (Phi) is 3.57. The number of rotatable bonds is 3. The van der Waals surface area contributed by atoms with Crippen LogP contribution in [0.5, 0.6) is 0 Å². The van der Waals surface area contributed by atoms with Crippen molar-refractivity contribution in [3.8, 4) is 0 Å². The molecule has 7 nitrogen and oxygen atoms in total. The number of nitrogens with one attached hydrogen (secondary N) is 1. The summed E-state index contributed by atoms with van der Waals surface area (Å²) in [6, 6.07) is 3.60. The van der Waals surface area contributed by atoms with Crippen LogP contribution in [0.1, 0.15) is 22.8 Å². The van der Waals surface area contributed by atoms with E-state index in [4.69, 9.17) is 4.42 Å². The van der Waals surface area contributed by atoms with Gasteiger partial charge >= 0.3 is 0 Å². The molecular formula is C14H16N4O3. The molecule has 0 saturated carbocycles. The quantitative estimate of drug-likeness (QED) is 0.882. The minimum Gasteiger partial charge on any atom is -0.448 e. The zero-order valence-corrected chi connectivity index (χ0v) is 11.6. The molecule has 1 atom stereocenters. The van der Waals surface area contributed by atoms with E-state index in [0.29, 0.717) is 18.1 Å². The molecule has 0 aromatic carbocycles. The Morgan fingerprint density at radius 2 is 2.38 bits per heavy atom. The van der Waals surface area contributed by atoms with Gasteiger partial charge in [-0.1, -0.05) is 0 Å². The topological polar surface area (TPSA) is 91.5 Å². The molecule has 1 fully saturated rings. The van der Waals surface area contributed by atoms with Crippen LogP contribution in [0.2, 0.25) is 0 Å². The summed E-state index contributed by atoms with van der Waals surface area (Å²) in [7, 11) is 0. The maximum absolute atomic E-state index is 11.9.